The molecule has 1 aromatic carbocycles. The number of halogens is 4. The molecule has 0 radical (unpaired) electrons. The molecule has 0 unspecified atom stereocenters. The number of aldehydes is 1. The van der Waals surface area contributed by atoms with Crippen LogP contribution in [0, 0.1) is 0 Å². The lowest BCUT2D eigenvalue weighted by molar-refractivity contribution is -0.137. The second-order valence-electron chi connectivity index (χ2n) is 3.34. The van der Waals surface area contributed by atoms with Crippen molar-refractivity contribution in [2.24, 2.45) is 0 Å². The van der Waals surface area contributed by atoms with Crippen LogP contribution in [0.1, 0.15) is 27.9 Å². The molecule has 0 fully saturated rings. The fourth-order valence-electron chi connectivity index (χ4n) is 1.31. The molecule has 0 saturated heterocycles. The Morgan fingerprint density at radius 3 is 2.53 bits per heavy atom. The molecule has 0 aliphatic heterocycles. The molecule has 1 rings (SSSR count). The van der Waals surface area contributed by atoms with Crippen LogP contribution < -0.4 is 0 Å². The predicted octanol–water partition coefficient (Wildman–Crippen LogP) is 4.16. The summed E-state index contributed by atoms with van der Waals surface area (Å²) in [7, 11) is 0. The van der Waals surface area contributed by atoms with E-state index in [2.05, 4.69) is 0 Å². The molecule has 0 spiro atoms. The van der Waals surface area contributed by atoms with Crippen LogP contribution in [0.5, 0.6) is 0 Å². The van der Waals surface area contributed by atoms with Gasteiger partial charge in [0.2, 0.25) is 0 Å². The molecular formula is C12H10ClF3O. The SMILES string of the molecule is O=Cc1ccc(C=CCCCl)c(C(F)(F)F)c1. The quantitative estimate of drug-likeness (QED) is 0.588. The summed E-state index contributed by atoms with van der Waals surface area (Å²) in [5.41, 5.74) is -0.770. The molecule has 5 heteroatoms. The van der Waals surface area contributed by atoms with E-state index in [-0.39, 0.29) is 11.1 Å². The number of alkyl halides is 4. The van der Waals surface area contributed by atoms with E-state index in [0.29, 0.717) is 18.6 Å². The summed E-state index contributed by atoms with van der Waals surface area (Å²) in [5, 5.41) is 0. The topological polar surface area (TPSA) is 17.1 Å². The van der Waals surface area contributed by atoms with Gasteiger partial charge in [-0.25, -0.2) is 0 Å². The maximum Gasteiger partial charge on any atom is 0.417 e. The normalized spacial score (nSPS) is 12.0. The first-order valence-corrected chi connectivity index (χ1v) is 5.41. The Morgan fingerprint density at radius 1 is 1.29 bits per heavy atom. The number of benzene rings is 1. The van der Waals surface area contributed by atoms with E-state index in [1.807, 2.05) is 0 Å². The molecule has 0 aliphatic rings. The lowest BCUT2D eigenvalue weighted by atomic mass is 10.0. The molecular weight excluding hydrogens is 253 g/mol. The van der Waals surface area contributed by atoms with Gasteiger partial charge in [-0.3, -0.25) is 4.79 Å². The van der Waals surface area contributed by atoms with E-state index in [9.17, 15) is 18.0 Å². The van der Waals surface area contributed by atoms with Gasteiger partial charge in [0.15, 0.2) is 0 Å². The highest BCUT2D eigenvalue weighted by atomic mass is 35.5. The van der Waals surface area contributed by atoms with Crippen LogP contribution in [0.25, 0.3) is 6.08 Å². The van der Waals surface area contributed by atoms with Gasteiger partial charge in [0.05, 0.1) is 5.56 Å². The molecule has 0 bridgehead atoms. The van der Waals surface area contributed by atoms with Crippen molar-refractivity contribution < 1.29 is 18.0 Å². The van der Waals surface area contributed by atoms with Gasteiger partial charge in [-0.15, -0.1) is 11.6 Å². The maximum atomic E-state index is 12.7. The van der Waals surface area contributed by atoms with Crippen molar-refractivity contribution in [3.8, 4) is 0 Å². The minimum Gasteiger partial charge on any atom is -0.298 e. The zero-order valence-electron chi connectivity index (χ0n) is 8.80. The molecule has 17 heavy (non-hydrogen) atoms. The largest absolute Gasteiger partial charge is 0.417 e. The Morgan fingerprint density at radius 2 is 2.00 bits per heavy atom. The van der Waals surface area contributed by atoms with E-state index in [4.69, 9.17) is 11.6 Å². The first-order chi connectivity index (χ1) is 7.99. The van der Waals surface area contributed by atoms with Gasteiger partial charge in [0, 0.05) is 11.4 Å². The van der Waals surface area contributed by atoms with Crippen LogP contribution in [-0.4, -0.2) is 12.2 Å². The highest BCUT2D eigenvalue weighted by molar-refractivity contribution is 6.17. The zero-order valence-corrected chi connectivity index (χ0v) is 9.55. The first-order valence-electron chi connectivity index (χ1n) is 4.88. The Balaban J connectivity index is 3.16. The van der Waals surface area contributed by atoms with Gasteiger partial charge >= 0.3 is 6.18 Å². The number of carbonyl (C=O) groups excluding carboxylic acids is 1. The minimum atomic E-state index is -4.47. The van der Waals surface area contributed by atoms with Crippen molar-refractivity contribution in [3.63, 3.8) is 0 Å². The van der Waals surface area contributed by atoms with Gasteiger partial charge in [-0.1, -0.05) is 24.3 Å². The average Bonchev–Trinajstić information content (AvgIpc) is 2.28. The summed E-state index contributed by atoms with van der Waals surface area (Å²) < 4.78 is 38.1. The van der Waals surface area contributed by atoms with Crippen molar-refractivity contribution >= 4 is 24.0 Å². The van der Waals surface area contributed by atoms with Gasteiger partial charge in [-0.05, 0) is 18.1 Å². The van der Waals surface area contributed by atoms with E-state index in [1.54, 1.807) is 6.08 Å². The number of rotatable bonds is 4. The van der Waals surface area contributed by atoms with Crippen molar-refractivity contribution in [1.29, 1.82) is 0 Å². The zero-order chi connectivity index (χ0) is 12.9. The summed E-state index contributed by atoms with van der Waals surface area (Å²) in [5.74, 6) is 0.351. The van der Waals surface area contributed by atoms with Crippen LogP contribution in [0.15, 0.2) is 24.3 Å². The molecule has 92 valence electrons. The summed E-state index contributed by atoms with van der Waals surface area (Å²) in [6, 6.07) is 3.47. The highest BCUT2D eigenvalue weighted by Gasteiger charge is 2.32. The predicted molar refractivity (Wildman–Crippen MR) is 61.2 cm³/mol. The maximum absolute atomic E-state index is 12.7. The van der Waals surface area contributed by atoms with Crippen molar-refractivity contribution in [3.05, 3.63) is 41.0 Å². The second kappa shape index (κ2) is 5.87. The van der Waals surface area contributed by atoms with Gasteiger partial charge in [-0.2, -0.15) is 13.2 Å². The highest BCUT2D eigenvalue weighted by Crippen LogP contribution is 2.33. The van der Waals surface area contributed by atoms with Crippen LogP contribution >= 0.6 is 11.6 Å². The summed E-state index contributed by atoms with van der Waals surface area (Å²) in [4.78, 5) is 10.5. The number of allylic oxidation sites excluding steroid dienone is 1. The van der Waals surface area contributed by atoms with Gasteiger partial charge < -0.3 is 0 Å². The fraction of sp³-hybridized carbons (Fsp3) is 0.250. The Hall–Kier alpha value is -1.29. The van der Waals surface area contributed by atoms with Crippen LogP contribution in [0.3, 0.4) is 0 Å². The summed E-state index contributed by atoms with van der Waals surface area (Å²) in [6.45, 7) is 0. The third-order valence-corrected chi connectivity index (χ3v) is 2.31. The van der Waals surface area contributed by atoms with Crippen molar-refractivity contribution in [2.45, 2.75) is 12.6 Å². The van der Waals surface area contributed by atoms with E-state index in [1.165, 1.54) is 18.2 Å². The lowest BCUT2D eigenvalue weighted by Crippen LogP contribution is -2.08. The fourth-order valence-corrected chi connectivity index (χ4v) is 1.44. The van der Waals surface area contributed by atoms with E-state index in [0.717, 1.165) is 6.07 Å². The molecule has 0 N–H and O–H groups in total. The molecule has 1 aromatic rings. The average molecular weight is 263 g/mol. The number of hydrogen-bond acceptors (Lipinski definition) is 1. The van der Waals surface area contributed by atoms with Crippen molar-refractivity contribution in [1.82, 2.24) is 0 Å². The van der Waals surface area contributed by atoms with Crippen LogP contribution in [0.4, 0.5) is 13.2 Å². The number of hydrogen-bond donors (Lipinski definition) is 0. The monoisotopic (exact) mass is 262 g/mol. The van der Waals surface area contributed by atoms with Gasteiger partial charge in [0.25, 0.3) is 0 Å². The number of carbonyl (C=O) groups is 1. The molecule has 0 heterocycles. The van der Waals surface area contributed by atoms with E-state index < -0.39 is 11.7 Å². The Bertz CT molecular complexity index is 424. The third kappa shape index (κ3) is 3.89. The smallest absolute Gasteiger partial charge is 0.298 e. The molecule has 0 amide bonds. The minimum absolute atomic E-state index is 0.00631. The third-order valence-electron chi connectivity index (χ3n) is 2.09. The summed E-state index contributed by atoms with van der Waals surface area (Å²) in [6.07, 6.45) is -0.659. The van der Waals surface area contributed by atoms with Crippen LogP contribution in [0.2, 0.25) is 0 Å². The molecule has 0 saturated carbocycles. The molecule has 0 aromatic heterocycles. The molecule has 0 aliphatic carbocycles. The van der Waals surface area contributed by atoms with Crippen molar-refractivity contribution in [2.75, 3.05) is 5.88 Å². The lowest BCUT2D eigenvalue weighted by Gasteiger charge is -2.10. The standard InChI is InChI=1S/C12H10ClF3O/c13-6-2-1-3-10-5-4-9(8-17)7-11(10)12(14,15)16/h1,3-5,7-8H,2,6H2. The Kier molecular flexibility index (Phi) is 4.75. The molecule has 1 nitrogen and oxygen atoms in total. The molecule has 0 atom stereocenters. The van der Waals surface area contributed by atoms with Crippen LogP contribution in [-0.2, 0) is 6.18 Å². The first kappa shape index (κ1) is 13.8. The van der Waals surface area contributed by atoms with Gasteiger partial charge in [0.1, 0.15) is 6.29 Å². The summed E-state index contributed by atoms with van der Waals surface area (Å²) >= 11 is 5.43. The van der Waals surface area contributed by atoms with E-state index >= 15 is 0 Å². The second-order valence-corrected chi connectivity index (χ2v) is 3.72. The Labute approximate surface area is 102 Å².